The molecule has 3 rings (SSSR count). The van der Waals surface area contributed by atoms with Gasteiger partial charge >= 0.3 is 0 Å². The van der Waals surface area contributed by atoms with Crippen molar-refractivity contribution in [2.45, 2.75) is 26.4 Å². The van der Waals surface area contributed by atoms with Crippen molar-refractivity contribution >= 4 is 11.6 Å². The van der Waals surface area contributed by atoms with Crippen LogP contribution < -0.4 is 10.1 Å². The number of hydrogen-bond donors (Lipinski definition) is 1. The Morgan fingerprint density at radius 1 is 1.16 bits per heavy atom. The molecule has 0 radical (unpaired) electrons. The molecule has 0 aromatic heterocycles. The molecule has 25 heavy (non-hydrogen) atoms. The molecule has 0 bridgehead atoms. The lowest BCUT2D eigenvalue weighted by atomic mass is 10.0. The number of carbonyl (C=O) groups is 1. The Labute approximate surface area is 149 Å². The Bertz CT molecular complexity index is 670. The van der Waals surface area contributed by atoms with E-state index >= 15 is 0 Å². The highest BCUT2D eigenvalue weighted by atomic mass is 16.5. The number of carbonyl (C=O) groups excluding carboxylic acids is 1. The number of likely N-dealkylation sites (tertiary alicyclic amines) is 1. The summed E-state index contributed by atoms with van der Waals surface area (Å²) in [6.45, 7) is 5.29. The highest BCUT2D eigenvalue weighted by Gasteiger charge is 2.18. The van der Waals surface area contributed by atoms with Crippen LogP contribution in [0.4, 0.5) is 5.69 Å². The SMILES string of the molecule is CC1CCCN(CC(=O)Nc2ccc(OCc3ccccc3)cc2)C1. The summed E-state index contributed by atoms with van der Waals surface area (Å²) < 4.78 is 5.76. The van der Waals surface area contributed by atoms with Gasteiger partial charge in [-0.1, -0.05) is 37.3 Å². The van der Waals surface area contributed by atoms with Crippen LogP contribution in [0.25, 0.3) is 0 Å². The molecule has 1 aliphatic heterocycles. The maximum Gasteiger partial charge on any atom is 0.238 e. The molecule has 132 valence electrons. The van der Waals surface area contributed by atoms with Crippen molar-refractivity contribution in [3.05, 3.63) is 60.2 Å². The van der Waals surface area contributed by atoms with Gasteiger partial charge < -0.3 is 10.1 Å². The topological polar surface area (TPSA) is 41.6 Å². The van der Waals surface area contributed by atoms with E-state index < -0.39 is 0 Å². The van der Waals surface area contributed by atoms with Gasteiger partial charge in [0, 0.05) is 12.2 Å². The van der Waals surface area contributed by atoms with E-state index in [-0.39, 0.29) is 5.91 Å². The summed E-state index contributed by atoms with van der Waals surface area (Å²) in [6.07, 6.45) is 2.45. The molecule has 2 aromatic rings. The Kier molecular flexibility index (Phi) is 6.07. The van der Waals surface area contributed by atoms with Gasteiger partial charge in [0.15, 0.2) is 0 Å². The molecular formula is C21H26N2O2. The summed E-state index contributed by atoms with van der Waals surface area (Å²) in [7, 11) is 0. The van der Waals surface area contributed by atoms with Crippen molar-refractivity contribution in [3.8, 4) is 5.75 Å². The van der Waals surface area contributed by atoms with Crippen LogP contribution in [0.15, 0.2) is 54.6 Å². The molecule has 0 aliphatic carbocycles. The van der Waals surface area contributed by atoms with Crippen molar-refractivity contribution in [1.82, 2.24) is 4.90 Å². The van der Waals surface area contributed by atoms with E-state index in [9.17, 15) is 4.79 Å². The maximum absolute atomic E-state index is 12.2. The fourth-order valence-electron chi connectivity index (χ4n) is 3.21. The van der Waals surface area contributed by atoms with E-state index in [4.69, 9.17) is 4.74 Å². The summed E-state index contributed by atoms with van der Waals surface area (Å²) in [5.74, 6) is 1.53. The fraction of sp³-hybridized carbons (Fsp3) is 0.381. The van der Waals surface area contributed by atoms with Crippen LogP contribution >= 0.6 is 0 Å². The summed E-state index contributed by atoms with van der Waals surface area (Å²) in [6, 6.07) is 17.6. The monoisotopic (exact) mass is 338 g/mol. The van der Waals surface area contributed by atoms with Crippen LogP contribution in [-0.2, 0) is 11.4 Å². The zero-order valence-electron chi connectivity index (χ0n) is 14.8. The summed E-state index contributed by atoms with van der Waals surface area (Å²) in [5, 5.41) is 2.97. The van der Waals surface area contributed by atoms with Crippen LogP contribution in [0.3, 0.4) is 0 Å². The van der Waals surface area contributed by atoms with Crippen molar-refractivity contribution in [2.24, 2.45) is 5.92 Å². The standard InChI is InChI=1S/C21H26N2O2/c1-17-6-5-13-23(14-17)15-21(24)22-19-9-11-20(12-10-19)25-16-18-7-3-2-4-8-18/h2-4,7-12,17H,5-6,13-16H2,1H3,(H,22,24). The van der Waals surface area contributed by atoms with E-state index in [1.165, 1.54) is 12.8 Å². The van der Waals surface area contributed by atoms with Crippen LogP contribution in [0.1, 0.15) is 25.3 Å². The highest BCUT2D eigenvalue weighted by Crippen LogP contribution is 2.18. The molecule has 4 heteroatoms. The average Bonchev–Trinajstić information content (AvgIpc) is 2.62. The number of hydrogen-bond acceptors (Lipinski definition) is 3. The van der Waals surface area contributed by atoms with Crippen molar-refractivity contribution in [3.63, 3.8) is 0 Å². The Hall–Kier alpha value is -2.33. The molecule has 1 fully saturated rings. The molecule has 1 heterocycles. The molecule has 1 amide bonds. The molecule has 1 aliphatic rings. The number of rotatable bonds is 6. The molecular weight excluding hydrogens is 312 g/mol. The summed E-state index contributed by atoms with van der Waals surface area (Å²) in [5.41, 5.74) is 1.94. The first-order chi connectivity index (χ1) is 12.2. The Morgan fingerprint density at radius 2 is 1.92 bits per heavy atom. The number of nitrogens with zero attached hydrogens (tertiary/aromatic N) is 1. The predicted molar refractivity (Wildman–Crippen MR) is 101 cm³/mol. The number of ether oxygens (including phenoxy) is 1. The number of amides is 1. The van der Waals surface area contributed by atoms with Gasteiger partial charge in [-0.3, -0.25) is 9.69 Å². The zero-order valence-corrected chi connectivity index (χ0v) is 14.8. The van der Waals surface area contributed by atoms with E-state index in [0.29, 0.717) is 19.1 Å². The molecule has 1 atom stereocenters. The molecule has 1 saturated heterocycles. The van der Waals surface area contributed by atoms with E-state index in [2.05, 4.69) is 17.1 Å². The first-order valence-electron chi connectivity index (χ1n) is 8.98. The summed E-state index contributed by atoms with van der Waals surface area (Å²) in [4.78, 5) is 14.4. The minimum atomic E-state index is 0.0482. The lowest BCUT2D eigenvalue weighted by Crippen LogP contribution is -2.39. The number of piperidine rings is 1. The Balaban J connectivity index is 1.46. The minimum absolute atomic E-state index is 0.0482. The molecule has 1 unspecified atom stereocenters. The lowest BCUT2D eigenvalue weighted by Gasteiger charge is -2.30. The largest absolute Gasteiger partial charge is 0.489 e. The van der Waals surface area contributed by atoms with E-state index in [1.807, 2.05) is 54.6 Å². The van der Waals surface area contributed by atoms with Crippen LogP contribution in [0, 0.1) is 5.92 Å². The third kappa shape index (κ3) is 5.61. The van der Waals surface area contributed by atoms with Gasteiger partial charge in [-0.2, -0.15) is 0 Å². The van der Waals surface area contributed by atoms with Crippen molar-refractivity contribution in [1.29, 1.82) is 0 Å². The zero-order chi connectivity index (χ0) is 17.5. The maximum atomic E-state index is 12.2. The van der Waals surface area contributed by atoms with Crippen molar-refractivity contribution < 1.29 is 9.53 Å². The normalized spacial score (nSPS) is 17.9. The first-order valence-corrected chi connectivity index (χ1v) is 8.98. The third-order valence-corrected chi connectivity index (χ3v) is 4.49. The second-order valence-electron chi connectivity index (χ2n) is 6.83. The fourth-order valence-corrected chi connectivity index (χ4v) is 3.21. The lowest BCUT2D eigenvalue weighted by molar-refractivity contribution is -0.117. The molecule has 0 saturated carbocycles. The molecule has 4 nitrogen and oxygen atoms in total. The van der Waals surface area contributed by atoms with Gasteiger partial charge in [0.25, 0.3) is 0 Å². The van der Waals surface area contributed by atoms with E-state index in [1.54, 1.807) is 0 Å². The minimum Gasteiger partial charge on any atom is -0.489 e. The number of anilines is 1. The average molecular weight is 338 g/mol. The Morgan fingerprint density at radius 3 is 2.64 bits per heavy atom. The van der Waals surface area contributed by atoms with Gasteiger partial charge in [0.1, 0.15) is 12.4 Å². The second-order valence-corrected chi connectivity index (χ2v) is 6.83. The highest BCUT2D eigenvalue weighted by molar-refractivity contribution is 5.92. The molecule has 0 spiro atoms. The van der Waals surface area contributed by atoms with Gasteiger partial charge in [-0.15, -0.1) is 0 Å². The van der Waals surface area contributed by atoms with Crippen molar-refractivity contribution in [2.75, 3.05) is 25.0 Å². The van der Waals surface area contributed by atoms with Crippen LogP contribution in [0.2, 0.25) is 0 Å². The van der Waals surface area contributed by atoms with Gasteiger partial charge in [0.2, 0.25) is 5.91 Å². The second kappa shape index (κ2) is 8.67. The quantitative estimate of drug-likeness (QED) is 0.867. The number of benzene rings is 2. The van der Waals surface area contributed by atoms with Gasteiger partial charge in [0.05, 0.1) is 6.54 Å². The summed E-state index contributed by atoms with van der Waals surface area (Å²) >= 11 is 0. The van der Waals surface area contributed by atoms with Crippen LogP contribution in [-0.4, -0.2) is 30.4 Å². The van der Waals surface area contributed by atoms with Gasteiger partial charge in [-0.25, -0.2) is 0 Å². The predicted octanol–water partition coefficient (Wildman–Crippen LogP) is 3.94. The molecule has 2 aromatic carbocycles. The van der Waals surface area contributed by atoms with Gasteiger partial charge in [-0.05, 0) is 55.1 Å². The van der Waals surface area contributed by atoms with E-state index in [0.717, 1.165) is 30.1 Å². The van der Waals surface area contributed by atoms with Crippen LogP contribution in [0.5, 0.6) is 5.75 Å². The third-order valence-electron chi connectivity index (χ3n) is 4.49. The number of nitrogens with one attached hydrogen (secondary N) is 1. The first kappa shape index (κ1) is 17.5. The smallest absolute Gasteiger partial charge is 0.238 e. The molecule has 1 N–H and O–H groups in total.